The summed E-state index contributed by atoms with van der Waals surface area (Å²) in [4.78, 5) is 27.0. The lowest BCUT2D eigenvalue weighted by molar-refractivity contribution is -0.139. The van der Waals surface area contributed by atoms with Gasteiger partial charge in [-0.1, -0.05) is 41.4 Å². The van der Waals surface area contributed by atoms with Gasteiger partial charge < -0.3 is 25.6 Å². The minimum absolute atomic E-state index is 0.270. The zero-order chi connectivity index (χ0) is 24.1. The Morgan fingerprint density at radius 3 is 2.30 bits per heavy atom. The smallest absolute Gasteiger partial charge is 0.338 e. The summed E-state index contributed by atoms with van der Waals surface area (Å²) in [6.45, 7) is 6.48. The van der Waals surface area contributed by atoms with Crippen molar-refractivity contribution < 1.29 is 14.3 Å². The molecular formula is C23H24Cl2N4O3S. The number of benzene rings is 2. The molecule has 0 bridgehead atoms. The van der Waals surface area contributed by atoms with Crippen molar-refractivity contribution >= 4 is 63.9 Å². The van der Waals surface area contributed by atoms with E-state index in [1.807, 2.05) is 30.9 Å². The maximum Gasteiger partial charge on any atom is 0.338 e. The predicted molar refractivity (Wildman–Crippen MR) is 136 cm³/mol. The van der Waals surface area contributed by atoms with Crippen molar-refractivity contribution in [2.45, 2.75) is 26.8 Å². The third-order valence-electron chi connectivity index (χ3n) is 5.11. The van der Waals surface area contributed by atoms with E-state index in [1.54, 1.807) is 37.3 Å². The number of anilines is 2. The third kappa shape index (κ3) is 5.58. The van der Waals surface area contributed by atoms with Gasteiger partial charge in [0.05, 0.1) is 34.0 Å². The van der Waals surface area contributed by atoms with Gasteiger partial charge in [0.1, 0.15) is 0 Å². The highest BCUT2D eigenvalue weighted by atomic mass is 35.5. The van der Waals surface area contributed by atoms with Gasteiger partial charge in [0.15, 0.2) is 5.11 Å². The van der Waals surface area contributed by atoms with Crippen LogP contribution in [0, 0.1) is 0 Å². The SMILES string of the molecule is CCOC(=O)C1=C(C)N(CC)C(=S)NC1c1ccc(NC(=O)Nc2c(Cl)cccc2Cl)cc1. The number of esters is 1. The molecular weight excluding hydrogens is 483 g/mol. The number of halogens is 2. The largest absolute Gasteiger partial charge is 0.463 e. The van der Waals surface area contributed by atoms with Crippen LogP contribution in [0.1, 0.15) is 32.4 Å². The Labute approximate surface area is 208 Å². The zero-order valence-corrected chi connectivity index (χ0v) is 20.7. The van der Waals surface area contributed by atoms with Crippen LogP contribution in [0.3, 0.4) is 0 Å². The summed E-state index contributed by atoms with van der Waals surface area (Å²) in [6, 6.07) is 11.1. The molecule has 0 spiro atoms. The average Bonchev–Trinajstić information content (AvgIpc) is 2.77. The number of nitrogens with zero attached hydrogens (tertiary/aromatic N) is 1. The first-order valence-corrected chi connectivity index (χ1v) is 11.5. The summed E-state index contributed by atoms with van der Waals surface area (Å²) in [6.07, 6.45) is 0. The van der Waals surface area contributed by atoms with E-state index < -0.39 is 18.0 Å². The standard InChI is InChI=1S/C23H24Cl2N4O3S/c1-4-29-13(3)18(21(30)32-5-2)19(28-23(29)33)14-9-11-15(12-10-14)26-22(31)27-20-16(24)7-6-8-17(20)25/h6-12,19H,4-5H2,1-3H3,(H,28,33)(H2,26,27,31). The second kappa shape index (κ2) is 10.9. The highest BCUT2D eigenvalue weighted by Crippen LogP contribution is 2.32. The molecule has 1 atom stereocenters. The molecule has 1 heterocycles. The highest BCUT2D eigenvalue weighted by molar-refractivity contribution is 7.80. The zero-order valence-electron chi connectivity index (χ0n) is 18.4. The molecule has 0 saturated carbocycles. The van der Waals surface area contributed by atoms with Crippen LogP contribution in [0.25, 0.3) is 0 Å². The monoisotopic (exact) mass is 506 g/mol. The van der Waals surface area contributed by atoms with Crippen LogP contribution in [-0.4, -0.2) is 35.2 Å². The molecule has 33 heavy (non-hydrogen) atoms. The number of allylic oxidation sites excluding steroid dienone is 1. The molecule has 174 valence electrons. The number of carbonyl (C=O) groups is 2. The van der Waals surface area contributed by atoms with Crippen molar-refractivity contribution in [2.24, 2.45) is 0 Å². The van der Waals surface area contributed by atoms with Gasteiger partial charge in [0, 0.05) is 17.9 Å². The number of thiocarbonyl (C=S) groups is 1. The Balaban J connectivity index is 1.80. The van der Waals surface area contributed by atoms with Crippen LogP contribution >= 0.6 is 35.4 Å². The van der Waals surface area contributed by atoms with Gasteiger partial charge in [-0.25, -0.2) is 9.59 Å². The van der Waals surface area contributed by atoms with Gasteiger partial charge in [-0.2, -0.15) is 0 Å². The van der Waals surface area contributed by atoms with E-state index in [2.05, 4.69) is 16.0 Å². The number of hydrogen-bond donors (Lipinski definition) is 3. The minimum atomic E-state index is -0.490. The molecule has 10 heteroatoms. The lowest BCUT2D eigenvalue weighted by Gasteiger charge is -2.37. The third-order valence-corrected chi connectivity index (χ3v) is 6.08. The molecule has 0 saturated heterocycles. The summed E-state index contributed by atoms with van der Waals surface area (Å²) in [5.74, 6) is -0.397. The molecule has 1 aliphatic rings. The molecule has 3 N–H and O–H groups in total. The topological polar surface area (TPSA) is 82.7 Å². The summed E-state index contributed by atoms with van der Waals surface area (Å²) >= 11 is 17.7. The number of nitrogens with one attached hydrogen (secondary N) is 3. The summed E-state index contributed by atoms with van der Waals surface area (Å²) in [7, 11) is 0. The van der Waals surface area contributed by atoms with Crippen LogP contribution < -0.4 is 16.0 Å². The molecule has 0 aliphatic carbocycles. The number of rotatable bonds is 6. The molecule has 0 fully saturated rings. The molecule has 0 aromatic heterocycles. The fourth-order valence-electron chi connectivity index (χ4n) is 3.54. The van der Waals surface area contributed by atoms with E-state index >= 15 is 0 Å². The minimum Gasteiger partial charge on any atom is -0.463 e. The normalized spacial score (nSPS) is 15.7. The molecule has 1 aliphatic heterocycles. The first-order chi connectivity index (χ1) is 15.8. The van der Waals surface area contributed by atoms with E-state index in [4.69, 9.17) is 40.2 Å². The average molecular weight is 507 g/mol. The van der Waals surface area contributed by atoms with E-state index in [0.717, 1.165) is 11.3 Å². The highest BCUT2D eigenvalue weighted by Gasteiger charge is 2.34. The van der Waals surface area contributed by atoms with Crippen LogP contribution in [0.4, 0.5) is 16.2 Å². The Kier molecular flexibility index (Phi) is 8.18. The maximum atomic E-state index is 12.7. The van der Waals surface area contributed by atoms with Crippen molar-refractivity contribution in [1.29, 1.82) is 0 Å². The molecule has 3 rings (SSSR count). The van der Waals surface area contributed by atoms with Crippen LogP contribution in [-0.2, 0) is 9.53 Å². The molecule has 2 aromatic rings. The Hall–Kier alpha value is -2.81. The molecule has 2 amide bonds. The van der Waals surface area contributed by atoms with E-state index in [9.17, 15) is 9.59 Å². The van der Waals surface area contributed by atoms with Crippen LogP contribution in [0.2, 0.25) is 10.0 Å². The molecule has 2 aromatic carbocycles. The molecule has 7 nitrogen and oxygen atoms in total. The quantitative estimate of drug-likeness (QED) is 0.343. The first-order valence-electron chi connectivity index (χ1n) is 10.3. The van der Waals surface area contributed by atoms with E-state index in [1.165, 1.54) is 0 Å². The lowest BCUT2D eigenvalue weighted by Crippen LogP contribution is -2.47. The number of amides is 2. The number of carbonyl (C=O) groups excluding carboxylic acids is 2. The van der Waals surface area contributed by atoms with Crippen molar-refractivity contribution in [1.82, 2.24) is 10.2 Å². The molecule has 0 radical (unpaired) electrons. The second-order valence-corrected chi connectivity index (χ2v) is 8.35. The van der Waals surface area contributed by atoms with Crippen LogP contribution in [0.5, 0.6) is 0 Å². The summed E-state index contributed by atoms with van der Waals surface area (Å²) in [5.41, 5.74) is 2.93. The Morgan fingerprint density at radius 1 is 1.09 bits per heavy atom. The summed E-state index contributed by atoms with van der Waals surface area (Å²) in [5, 5.41) is 9.82. The Morgan fingerprint density at radius 2 is 1.73 bits per heavy atom. The van der Waals surface area contributed by atoms with Gasteiger partial charge >= 0.3 is 12.0 Å². The van der Waals surface area contributed by atoms with Gasteiger partial charge in [-0.3, -0.25) is 0 Å². The predicted octanol–water partition coefficient (Wildman–Crippen LogP) is 5.73. The number of hydrogen-bond acceptors (Lipinski definition) is 4. The van der Waals surface area contributed by atoms with Crippen molar-refractivity contribution in [3.05, 3.63) is 69.3 Å². The number of para-hydroxylation sites is 1. The van der Waals surface area contributed by atoms with Gasteiger partial charge in [0.25, 0.3) is 0 Å². The number of ether oxygens (including phenoxy) is 1. The van der Waals surface area contributed by atoms with E-state index in [0.29, 0.717) is 38.7 Å². The van der Waals surface area contributed by atoms with E-state index in [-0.39, 0.29) is 6.61 Å². The van der Waals surface area contributed by atoms with Gasteiger partial charge in [-0.05, 0) is 62.8 Å². The van der Waals surface area contributed by atoms with Gasteiger partial charge in [-0.15, -0.1) is 0 Å². The maximum absolute atomic E-state index is 12.7. The van der Waals surface area contributed by atoms with Gasteiger partial charge in [0.2, 0.25) is 0 Å². The van der Waals surface area contributed by atoms with Crippen molar-refractivity contribution in [3.8, 4) is 0 Å². The van der Waals surface area contributed by atoms with Crippen LogP contribution in [0.15, 0.2) is 53.7 Å². The summed E-state index contributed by atoms with van der Waals surface area (Å²) < 4.78 is 5.29. The Bertz CT molecular complexity index is 1090. The molecule has 1 unspecified atom stereocenters. The fraction of sp³-hybridized carbons (Fsp3) is 0.261. The van der Waals surface area contributed by atoms with Crippen molar-refractivity contribution in [2.75, 3.05) is 23.8 Å². The second-order valence-electron chi connectivity index (χ2n) is 7.14. The lowest BCUT2D eigenvalue weighted by atomic mass is 9.95. The fourth-order valence-corrected chi connectivity index (χ4v) is 4.41. The van der Waals surface area contributed by atoms with Crippen molar-refractivity contribution in [3.63, 3.8) is 0 Å². The number of urea groups is 1. The first kappa shape index (κ1) is 24.8.